The molecule has 1 aliphatic heterocycles. The summed E-state index contributed by atoms with van der Waals surface area (Å²) in [7, 11) is 1.56. The number of nitrogens with zero attached hydrogens (tertiary/aromatic N) is 2. The number of amides is 4. The van der Waals surface area contributed by atoms with Gasteiger partial charge in [0.1, 0.15) is 5.75 Å². The topological polar surface area (TPSA) is 117 Å². The molecule has 2 aromatic rings. The molecule has 1 heterocycles. The predicted molar refractivity (Wildman–Crippen MR) is 133 cm³/mol. The minimum Gasteiger partial charge on any atom is -0.497 e. The largest absolute Gasteiger partial charge is 0.497 e. The van der Waals surface area contributed by atoms with Crippen molar-refractivity contribution >= 4 is 35.1 Å². The van der Waals surface area contributed by atoms with Crippen LogP contribution < -0.4 is 21.1 Å². The summed E-state index contributed by atoms with van der Waals surface area (Å²) < 4.78 is 5.15. The monoisotopic (exact) mass is 499 g/mol. The van der Waals surface area contributed by atoms with Gasteiger partial charge in [0.25, 0.3) is 11.8 Å². The third kappa shape index (κ3) is 5.86. The number of methoxy groups -OCH3 is 1. The number of anilines is 1. The SMILES string of the molecule is COc1ccc(NC(=O)N2CCN(C(=O)c3ccc(Cl)cc3)C2C(=O)NC2CCC(N)CC2)cc1. The van der Waals surface area contributed by atoms with Crippen LogP contribution >= 0.6 is 11.6 Å². The van der Waals surface area contributed by atoms with Gasteiger partial charge in [0, 0.05) is 41.4 Å². The van der Waals surface area contributed by atoms with Crippen molar-refractivity contribution in [2.45, 2.75) is 43.9 Å². The summed E-state index contributed by atoms with van der Waals surface area (Å²) in [6.07, 6.45) is 2.10. The van der Waals surface area contributed by atoms with E-state index in [0.717, 1.165) is 25.7 Å². The highest BCUT2D eigenvalue weighted by molar-refractivity contribution is 6.30. The zero-order valence-corrected chi connectivity index (χ0v) is 20.3. The molecule has 10 heteroatoms. The quantitative estimate of drug-likeness (QED) is 0.584. The lowest BCUT2D eigenvalue weighted by molar-refractivity contribution is -0.128. The molecule has 0 aromatic heterocycles. The first-order valence-corrected chi connectivity index (χ1v) is 12.1. The molecule has 2 fully saturated rings. The van der Waals surface area contributed by atoms with Crippen molar-refractivity contribution in [3.05, 3.63) is 59.1 Å². The summed E-state index contributed by atoms with van der Waals surface area (Å²) >= 11 is 5.97. The van der Waals surface area contributed by atoms with E-state index in [1.807, 2.05) is 0 Å². The van der Waals surface area contributed by atoms with Crippen LogP contribution in [0.1, 0.15) is 36.0 Å². The van der Waals surface area contributed by atoms with Crippen LogP contribution in [0.25, 0.3) is 0 Å². The van der Waals surface area contributed by atoms with E-state index in [1.54, 1.807) is 55.6 Å². The number of benzene rings is 2. The summed E-state index contributed by atoms with van der Waals surface area (Å²) in [6, 6.07) is 13.0. The highest BCUT2D eigenvalue weighted by Crippen LogP contribution is 2.23. The summed E-state index contributed by atoms with van der Waals surface area (Å²) in [5, 5.41) is 6.37. The number of rotatable bonds is 5. The van der Waals surface area contributed by atoms with Crippen LogP contribution in [-0.2, 0) is 4.79 Å². The standard InChI is InChI=1S/C25H30ClN5O4/c1-35-21-12-10-20(11-13-21)29-25(34)31-15-14-30(24(33)16-2-4-17(26)5-3-16)23(31)22(32)28-19-8-6-18(27)7-9-19/h2-5,10-13,18-19,23H,6-9,14-15,27H2,1H3,(H,28,32)(H,29,34). The molecular formula is C25H30ClN5O4. The molecule has 35 heavy (non-hydrogen) atoms. The molecule has 1 saturated carbocycles. The molecule has 0 radical (unpaired) electrons. The number of urea groups is 1. The average molecular weight is 500 g/mol. The van der Waals surface area contributed by atoms with E-state index in [4.69, 9.17) is 22.1 Å². The van der Waals surface area contributed by atoms with Crippen LogP contribution in [0, 0.1) is 0 Å². The second-order valence-electron chi connectivity index (χ2n) is 8.85. The molecule has 186 valence electrons. The maximum atomic E-state index is 13.5. The molecule has 4 amide bonds. The summed E-state index contributed by atoms with van der Waals surface area (Å²) in [4.78, 5) is 42.8. The number of nitrogens with one attached hydrogen (secondary N) is 2. The molecule has 2 aliphatic rings. The smallest absolute Gasteiger partial charge is 0.323 e. The van der Waals surface area contributed by atoms with Crippen molar-refractivity contribution in [2.24, 2.45) is 5.73 Å². The number of hydrogen-bond acceptors (Lipinski definition) is 5. The van der Waals surface area contributed by atoms with Crippen molar-refractivity contribution in [3.8, 4) is 5.75 Å². The van der Waals surface area contributed by atoms with Crippen LogP contribution in [-0.4, -0.2) is 66.1 Å². The van der Waals surface area contributed by atoms with Crippen molar-refractivity contribution in [1.82, 2.24) is 15.1 Å². The van der Waals surface area contributed by atoms with Gasteiger partial charge >= 0.3 is 6.03 Å². The Balaban J connectivity index is 1.54. The summed E-state index contributed by atoms with van der Waals surface area (Å²) in [6.45, 7) is 0.445. The van der Waals surface area contributed by atoms with E-state index >= 15 is 0 Å². The number of hydrogen-bond donors (Lipinski definition) is 3. The molecule has 1 atom stereocenters. The Kier molecular flexibility index (Phi) is 7.77. The Morgan fingerprint density at radius 2 is 1.57 bits per heavy atom. The van der Waals surface area contributed by atoms with Gasteiger partial charge in [-0.15, -0.1) is 0 Å². The van der Waals surface area contributed by atoms with E-state index < -0.39 is 12.2 Å². The Labute approximate surface area is 209 Å². The van der Waals surface area contributed by atoms with E-state index in [-0.39, 0.29) is 37.0 Å². The van der Waals surface area contributed by atoms with Gasteiger partial charge in [0.15, 0.2) is 6.17 Å². The van der Waals surface area contributed by atoms with E-state index in [9.17, 15) is 14.4 Å². The molecule has 0 bridgehead atoms. The van der Waals surface area contributed by atoms with Crippen molar-refractivity contribution in [1.29, 1.82) is 0 Å². The molecule has 1 saturated heterocycles. The molecule has 2 aromatic carbocycles. The highest BCUT2D eigenvalue weighted by Gasteiger charge is 2.43. The Bertz CT molecular complexity index is 1050. The predicted octanol–water partition coefficient (Wildman–Crippen LogP) is 3.05. The summed E-state index contributed by atoms with van der Waals surface area (Å²) in [5.41, 5.74) is 6.95. The number of halogens is 1. The molecule has 9 nitrogen and oxygen atoms in total. The van der Waals surface area contributed by atoms with Gasteiger partial charge < -0.3 is 26.0 Å². The summed E-state index contributed by atoms with van der Waals surface area (Å²) in [5.74, 6) is -0.0595. The van der Waals surface area contributed by atoms with Gasteiger partial charge in [-0.2, -0.15) is 0 Å². The maximum absolute atomic E-state index is 13.5. The molecule has 1 unspecified atom stereocenters. The van der Waals surface area contributed by atoms with Gasteiger partial charge in [-0.25, -0.2) is 4.79 Å². The van der Waals surface area contributed by atoms with Crippen LogP contribution in [0.2, 0.25) is 5.02 Å². The molecule has 4 N–H and O–H groups in total. The first-order chi connectivity index (χ1) is 16.9. The Morgan fingerprint density at radius 3 is 2.20 bits per heavy atom. The van der Waals surface area contributed by atoms with Crippen LogP contribution in [0.3, 0.4) is 0 Å². The average Bonchev–Trinajstić information content (AvgIpc) is 3.31. The number of ether oxygens (including phenoxy) is 1. The van der Waals surface area contributed by atoms with Crippen LogP contribution in [0.4, 0.5) is 10.5 Å². The van der Waals surface area contributed by atoms with Gasteiger partial charge in [0.05, 0.1) is 7.11 Å². The maximum Gasteiger partial charge on any atom is 0.323 e. The third-order valence-electron chi connectivity index (χ3n) is 6.48. The minimum absolute atomic E-state index is 0.0399. The second kappa shape index (κ2) is 11.0. The first-order valence-electron chi connectivity index (χ1n) is 11.7. The van der Waals surface area contributed by atoms with Crippen molar-refractivity contribution in [3.63, 3.8) is 0 Å². The number of carbonyl (C=O) groups excluding carboxylic acids is 3. The Hall–Kier alpha value is -3.30. The lowest BCUT2D eigenvalue weighted by atomic mass is 9.92. The van der Waals surface area contributed by atoms with E-state index in [1.165, 1.54) is 9.80 Å². The van der Waals surface area contributed by atoms with Gasteiger partial charge in [-0.1, -0.05) is 11.6 Å². The molecular weight excluding hydrogens is 470 g/mol. The van der Waals surface area contributed by atoms with Gasteiger partial charge in [-0.3, -0.25) is 14.5 Å². The van der Waals surface area contributed by atoms with Crippen molar-refractivity contribution in [2.75, 3.05) is 25.5 Å². The minimum atomic E-state index is -1.08. The zero-order chi connectivity index (χ0) is 24.9. The van der Waals surface area contributed by atoms with E-state index in [0.29, 0.717) is 22.0 Å². The number of nitrogens with two attached hydrogens (primary N) is 1. The third-order valence-corrected chi connectivity index (χ3v) is 6.73. The van der Waals surface area contributed by atoms with Crippen LogP contribution in [0.5, 0.6) is 5.75 Å². The van der Waals surface area contributed by atoms with Gasteiger partial charge in [-0.05, 0) is 74.2 Å². The fourth-order valence-corrected chi connectivity index (χ4v) is 4.63. The fourth-order valence-electron chi connectivity index (χ4n) is 4.50. The molecule has 0 spiro atoms. The number of carbonyl (C=O) groups is 3. The lowest BCUT2D eigenvalue weighted by Gasteiger charge is -2.32. The van der Waals surface area contributed by atoms with Crippen LogP contribution in [0.15, 0.2) is 48.5 Å². The molecule has 4 rings (SSSR count). The van der Waals surface area contributed by atoms with E-state index in [2.05, 4.69) is 10.6 Å². The highest BCUT2D eigenvalue weighted by atomic mass is 35.5. The normalized spacial score (nSPS) is 22.0. The zero-order valence-electron chi connectivity index (χ0n) is 19.6. The first kappa shape index (κ1) is 24.8. The lowest BCUT2D eigenvalue weighted by Crippen LogP contribution is -2.56. The molecule has 1 aliphatic carbocycles. The second-order valence-corrected chi connectivity index (χ2v) is 9.29. The van der Waals surface area contributed by atoms with Crippen molar-refractivity contribution < 1.29 is 19.1 Å². The Morgan fingerprint density at radius 1 is 0.943 bits per heavy atom. The fraction of sp³-hybridized carbons (Fsp3) is 0.400. The van der Waals surface area contributed by atoms with Gasteiger partial charge in [0.2, 0.25) is 0 Å².